The summed E-state index contributed by atoms with van der Waals surface area (Å²) >= 11 is 0. The van der Waals surface area contributed by atoms with Gasteiger partial charge in [0.2, 0.25) is 11.8 Å². The maximum absolute atomic E-state index is 12.2. The van der Waals surface area contributed by atoms with E-state index in [0.717, 1.165) is 38.6 Å². The van der Waals surface area contributed by atoms with Crippen molar-refractivity contribution >= 4 is 6.03 Å². The first kappa shape index (κ1) is 13.1. The second-order valence-electron chi connectivity index (χ2n) is 6.63. The molecule has 2 bridgehead atoms. The summed E-state index contributed by atoms with van der Waals surface area (Å²) in [6.07, 6.45) is 4.79. The molecular weight excluding hydrogens is 270 g/mol. The second-order valence-corrected chi connectivity index (χ2v) is 6.63. The van der Waals surface area contributed by atoms with Gasteiger partial charge in [0.05, 0.1) is 6.04 Å². The fraction of sp³-hybridized carbons (Fsp3) is 0.786. The molecule has 1 aromatic rings. The Morgan fingerprint density at radius 2 is 2.14 bits per heavy atom. The molecule has 21 heavy (non-hydrogen) atoms. The minimum absolute atomic E-state index is 0.0522. The van der Waals surface area contributed by atoms with Crippen LogP contribution >= 0.6 is 0 Å². The molecule has 7 heteroatoms. The van der Waals surface area contributed by atoms with Crippen molar-refractivity contribution < 1.29 is 9.21 Å². The predicted octanol–water partition coefficient (Wildman–Crippen LogP) is 0.920. The van der Waals surface area contributed by atoms with E-state index in [0.29, 0.717) is 29.8 Å². The molecule has 1 aliphatic carbocycles. The standard InChI is InChI=1S/C14H21N5O2/c1-18-10-2-3-11(19(7-10)14(18)20)13-17-16-12(21-13)6-8-4-9(15)5-8/h8-11H,2-7,15H2,1H3/t8-,9+,10-,11+/m1/s1. The number of nitrogens with zero attached hydrogens (tertiary/aromatic N) is 4. The number of hydrogen-bond donors (Lipinski definition) is 1. The van der Waals surface area contributed by atoms with E-state index in [-0.39, 0.29) is 12.1 Å². The van der Waals surface area contributed by atoms with E-state index in [4.69, 9.17) is 10.2 Å². The fourth-order valence-electron chi connectivity index (χ4n) is 3.78. The summed E-state index contributed by atoms with van der Waals surface area (Å²) in [5.74, 6) is 1.85. The Morgan fingerprint density at radius 3 is 2.90 bits per heavy atom. The first-order valence-electron chi connectivity index (χ1n) is 7.73. The lowest BCUT2D eigenvalue weighted by Crippen LogP contribution is -2.37. The van der Waals surface area contributed by atoms with Gasteiger partial charge in [0.15, 0.2) is 0 Å². The molecule has 3 fully saturated rings. The van der Waals surface area contributed by atoms with Gasteiger partial charge in [-0.1, -0.05) is 0 Å². The van der Waals surface area contributed by atoms with Gasteiger partial charge in [-0.3, -0.25) is 0 Å². The Labute approximate surface area is 123 Å². The Bertz CT molecular complexity index is 553. The number of amides is 2. The van der Waals surface area contributed by atoms with Crippen molar-refractivity contribution in [1.82, 2.24) is 20.0 Å². The van der Waals surface area contributed by atoms with Gasteiger partial charge in [0.1, 0.15) is 6.04 Å². The monoisotopic (exact) mass is 291 g/mol. The van der Waals surface area contributed by atoms with Gasteiger partial charge in [-0.05, 0) is 31.6 Å². The SMILES string of the molecule is CN1C(=O)N2C[C@H]1CC[C@H]2c1nnc(C[C@H]2C[C@@H](N)C2)o1. The molecule has 0 radical (unpaired) electrons. The molecule has 7 nitrogen and oxygen atoms in total. The van der Waals surface area contributed by atoms with Gasteiger partial charge in [-0.15, -0.1) is 10.2 Å². The minimum atomic E-state index is -0.0522. The topological polar surface area (TPSA) is 88.5 Å². The number of likely N-dealkylation sites (N-methyl/N-ethyl adjacent to an activating group) is 1. The van der Waals surface area contributed by atoms with Crippen LogP contribution in [0, 0.1) is 5.92 Å². The zero-order valence-corrected chi connectivity index (χ0v) is 12.2. The van der Waals surface area contributed by atoms with Gasteiger partial charge < -0.3 is 20.0 Å². The molecule has 1 aromatic heterocycles. The van der Waals surface area contributed by atoms with Crippen LogP contribution in [0.1, 0.15) is 43.5 Å². The fourth-order valence-corrected chi connectivity index (χ4v) is 3.78. The third kappa shape index (κ3) is 2.10. The van der Waals surface area contributed by atoms with E-state index in [9.17, 15) is 4.79 Å². The first-order valence-corrected chi connectivity index (χ1v) is 7.73. The number of hydrogen-bond acceptors (Lipinski definition) is 5. The van der Waals surface area contributed by atoms with Gasteiger partial charge in [0.25, 0.3) is 0 Å². The quantitative estimate of drug-likeness (QED) is 0.894. The van der Waals surface area contributed by atoms with Crippen LogP contribution in [0.2, 0.25) is 0 Å². The number of fused-ring (bicyclic) bond motifs is 2. The van der Waals surface area contributed by atoms with Crippen molar-refractivity contribution in [3.63, 3.8) is 0 Å². The minimum Gasteiger partial charge on any atom is -0.423 e. The highest BCUT2D eigenvalue weighted by molar-refractivity contribution is 5.77. The molecule has 2 atom stereocenters. The third-order valence-electron chi connectivity index (χ3n) is 5.16. The molecule has 2 amide bonds. The van der Waals surface area contributed by atoms with Crippen molar-refractivity contribution in [2.45, 2.75) is 50.2 Å². The van der Waals surface area contributed by atoms with Gasteiger partial charge in [-0.25, -0.2) is 4.79 Å². The summed E-state index contributed by atoms with van der Waals surface area (Å²) < 4.78 is 5.82. The van der Waals surface area contributed by atoms with Crippen LogP contribution in [-0.4, -0.2) is 51.7 Å². The van der Waals surface area contributed by atoms with E-state index < -0.39 is 0 Å². The maximum atomic E-state index is 12.2. The third-order valence-corrected chi connectivity index (χ3v) is 5.16. The normalized spacial score (nSPS) is 35.2. The van der Waals surface area contributed by atoms with Crippen LogP contribution in [0.4, 0.5) is 4.79 Å². The average molecular weight is 291 g/mol. The van der Waals surface area contributed by atoms with Crippen LogP contribution in [0.5, 0.6) is 0 Å². The Morgan fingerprint density at radius 1 is 1.33 bits per heavy atom. The molecule has 4 rings (SSSR count). The van der Waals surface area contributed by atoms with Crippen LogP contribution in [0.25, 0.3) is 0 Å². The molecule has 3 heterocycles. The lowest BCUT2D eigenvalue weighted by Gasteiger charge is -2.31. The lowest BCUT2D eigenvalue weighted by atomic mass is 9.79. The summed E-state index contributed by atoms with van der Waals surface area (Å²) in [4.78, 5) is 15.9. The smallest absolute Gasteiger partial charge is 0.320 e. The van der Waals surface area contributed by atoms with Gasteiger partial charge in [-0.2, -0.15) is 0 Å². The zero-order chi connectivity index (χ0) is 14.6. The number of nitrogens with two attached hydrogens (primary N) is 1. The Hall–Kier alpha value is -1.63. The highest BCUT2D eigenvalue weighted by atomic mass is 16.4. The highest BCUT2D eigenvalue weighted by Gasteiger charge is 2.45. The summed E-state index contributed by atoms with van der Waals surface area (Å²) in [7, 11) is 1.87. The van der Waals surface area contributed by atoms with E-state index in [1.54, 1.807) is 0 Å². The number of rotatable bonds is 3. The van der Waals surface area contributed by atoms with Crippen LogP contribution in [0.15, 0.2) is 4.42 Å². The molecule has 2 N–H and O–H groups in total. The zero-order valence-electron chi connectivity index (χ0n) is 12.2. The van der Waals surface area contributed by atoms with Gasteiger partial charge >= 0.3 is 6.03 Å². The van der Waals surface area contributed by atoms with Crippen LogP contribution in [0.3, 0.4) is 0 Å². The lowest BCUT2D eigenvalue weighted by molar-refractivity contribution is 0.164. The molecular formula is C14H21N5O2. The van der Waals surface area contributed by atoms with Gasteiger partial charge in [0, 0.05) is 26.1 Å². The summed E-state index contributed by atoms with van der Waals surface area (Å²) in [6, 6.07) is 0.703. The van der Waals surface area contributed by atoms with Crippen molar-refractivity contribution in [1.29, 1.82) is 0 Å². The molecule has 0 spiro atoms. The van der Waals surface area contributed by atoms with Crippen LogP contribution < -0.4 is 5.73 Å². The summed E-state index contributed by atoms with van der Waals surface area (Å²) in [6.45, 7) is 0.773. The predicted molar refractivity (Wildman–Crippen MR) is 74.3 cm³/mol. The van der Waals surface area contributed by atoms with E-state index in [1.165, 1.54) is 0 Å². The number of urea groups is 1. The molecule has 2 aliphatic heterocycles. The highest BCUT2D eigenvalue weighted by Crippen LogP contribution is 2.37. The largest absolute Gasteiger partial charge is 0.423 e. The number of carbonyl (C=O) groups excluding carboxylic acids is 1. The first-order chi connectivity index (χ1) is 10.1. The van der Waals surface area contributed by atoms with Crippen molar-refractivity contribution in [2.75, 3.05) is 13.6 Å². The molecule has 3 aliphatic rings. The second kappa shape index (κ2) is 4.69. The molecule has 0 aromatic carbocycles. The number of piperidine rings is 1. The van der Waals surface area contributed by atoms with E-state index in [1.807, 2.05) is 16.8 Å². The number of carbonyl (C=O) groups is 1. The van der Waals surface area contributed by atoms with Crippen molar-refractivity contribution in [3.05, 3.63) is 11.8 Å². The molecule has 0 unspecified atom stereocenters. The average Bonchev–Trinajstić information content (AvgIpc) is 2.99. The number of aromatic nitrogens is 2. The molecule has 2 saturated heterocycles. The van der Waals surface area contributed by atoms with Crippen molar-refractivity contribution in [2.24, 2.45) is 11.7 Å². The van der Waals surface area contributed by atoms with Crippen LogP contribution in [-0.2, 0) is 6.42 Å². The molecule has 114 valence electrons. The van der Waals surface area contributed by atoms with E-state index >= 15 is 0 Å². The maximum Gasteiger partial charge on any atom is 0.320 e. The Kier molecular flexibility index (Phi) is 2.92. The summed E-state index contributed by atoms with van der Waals surface area (Å²) in [5.41, 5.74) is 5.80. The summed E-state index contributed by atoms with van der Waals surface area (Å²) in [5, 5.41) is 8.34. The Balaban J connectivity index is 1.47. The van der Waals surface area contributed by atoms with Crippen molar-refractivity contribution in [3.8, 4) is 0 Å². The molecule has 1 saturated carbocycles. The van der Waals surface area contributed by atoms with E-state index in [2.05, 4.69) is 10.2 Å².